The zero-order valence-corrected chi connectivity index (χ0v) is 11.7. The molecule has 4 N–H and O–H groups in total. The smallest absolute Gasteiger partial charge is 0.337 e. The number of amides is 1. The van der Waals surface area contributed by atoms with Crippen molar-refractivity contribution in [1.82, 2.24) is 0 Å². The Kier molecular flexibility index (Phi) is 4.30. The van der Waals surface area contributed by atoms with Gasteiger partial charge in [-0.05, 0) is 43.0 Å². The van der Waals surface area contributed by atoms with E-state index in [4.69, 9.17) is 22.4 Å². The third-order valence-electron chi connectivity index (χ3n) is 3.87. The molecule has 1 aliphatic rings. The largest absolute Gasteiger partial charge is 0.478 e. The molecule has 1 aromatic rings. The number of carboxylic acids is 1. The number of nitrogens with one attached hydrogen (secondary N) is 1. The second-order valence-electron chi connectivity index (χ2n) is 5.28. The number of carbonyl (C=O) groups is 2. The van der Waals surface area contributed by atoms with E-state index in [1.807, 2.05) is 0 Å². The van der Waals surface area contributed by atoms with Crippen LogP contribution in [0.1, 0.15) is 36.0 Å². The third-order valence-corrected chi connectivity index (χ3v) is 4.10. The van der Waals surface area contributed by atoms with Gasteiger partial charge in [0.15, 0.2) is 0 Å². The van der Waals surface area contributed by atoms with Gasteiger partial charge in [0, 0.05) is 11.4 Å². The fourth-order valence-corrected chi connectivity index (χ4v) is 2.64. The van der Waals surface area contributed by atoms with Crippen molar-refractivity contribution in [3.05, 3.63) is 28.8 Å². The predicted molar refractivity (Wildman–Crippen MR) is 77.0 cm³/mol. The third kappa shape index (κ3) is 3.11. The van der Waals surface area contributed by atoms with E-state index < -0.39 is 5.97 Å². The zero-order chi connectivity index (χ0) is 14.8. The number of carboxylic acid groups (broad SMARTS) is 1. The van der Waals surface area contributed by atoms with Crippen LogP contribution < -0.4 is 11.1 Å². The number of carbonyl (C=O) groups excluding carboxylic acids is 1. The van der Waals surface area contributed by atoms with Gasteiger partial charge in [0.25, 0.3) is 0 Å². The summed E-state index contributed by atoms with van der Waals surface area (Å²) in [5, 5.41) is 12.1. The lowest BCUT2D eigenvalue weighted by atomic mass is 9.66. The first-order chi connectivity index (χ1) is 9.46. The van der Waals surface area contributed by atoms with Crippen LogP contribution in [-0.2, 0) is 4.79 Å². The topological polar surface area (TPSA) is 92.4 Å². The van der Waals surface area contributed by atoms with Crippen LogP contribution in [0.3, 0.4) is 0 Å². The van der Waals surface area contributed by atoms with E-state index in [0.717, 1.165) is 19.3 Å². The van der Waals surface area contributed by atoms with E-state index in [1.54, 1.807) is 6.07 Å². The van der Waals surface area contributed by atoms with Gasteiger partial charge in [-0.3, -0.25) is 4.79 Å². The maximum absolute atomic E-state index is 12.0. The summed E-state index contributed by atoms with van der Waals surface area (Å²) in [6.07, 6.45) is 3.31. The Morgan fingerprint density at radius 2 is 2.10 bits per heavy atom. The summed E-state index contributed by atoms with van der Waals surface area (Å²) in [4.78, 5) is 23.2. The van der Waals surface area contributed by atoms with E-state index in [9.17, 15) is 9.59 Å². The molecule has 1 fully saturated rings. The van der Waals surface area contributed by atoms with Crippen LogP contribution in [-0.4, -0.2) is 23.5 Å². The normalized spacial score (nSPS) is 16.3. The van der Waals surface area contributed by atoms with Crippen LogP contribution in [0.15, 0.2) is 18.2 Å². The summed E-state index contributed by atoms with van der Waals surface area (Å²) in [5.74, 6) is -1.33. The number of benzene rings is 1. The van der Waals surface area contributed by atoms with Crippen LogP contribution in [0, 0.1) is 5.41 Å². The molecule has 0 spiro atoms. The number of aromatic carboxylic acids is 1. The first kappa shape index (κ1) is 14.8. The van der Waals surface area contributed by atoms with Crippen LogP contribution in [0.25, 0.3) is 0 Å². The predicted octanol–water partition coefficient (Wildman–Crippen LogP) is 2.50. The fourth-order valence-electron chi connectivity index (χ4n) is 2.47. The van der Waals surface area contributed by atoms with Gasteiger partial charge in [0.05, 0.1) is 11.3 Å². The molecule has 108 valence electrons. The SMILES string of the molecule is NCC1(CC(=O)Nc2ccc(Cl)cc2C(=O)O)CCC1. The van der Waals surface area contributed by atoms with Crippen molar-refractivity contribution >= 4 is 29.2 Å². The Hall–Kier alpha value is -1.59. The number of rotatable bonds is 5. The van der Waals surface area contributed by atoms with Crippen molar-refractivity contribution < 1.29 is 14.7 Å². The van der Waals surface area contributed by atoms with Gasteiger partial charge in [0.2, 0.25) is 5.91 Å². The van der Waals surface area contributed by atoms with Crippen LogP contribution in [0.5, 0.6) is 0 Å². The van der Waals surface area contributed by atoms with E-state index in [-0.39, 0.29) is 22.6 Å². The highest BCUT2D eigenvalue weighted by atomic mass is 35.5. The maximum atomic E-state index is 12.0. The number of hydrogen-bond acceptors (Lipinski definition) is 3. The summed E-state index contributed by atoms with van der Waals surface area (Å²) >= 11 is 5.77. The second kappa shape index (κ2) is 5.81. The molecule has 1 saturated carbocycles. The van der Waals surface area contributed by atoms with Crippen LogP contribution >= 0.6 is 11.6 Å². The molecule has 0 bridgehead atoms. The van der Waals surface area contributed by atoms with Crippen LogP contribution in [0.4, 0.5) is 5.69 Å². The summed E-state index contributed by atoms with van der Waals surface area (Å²) < 4.78 is 0. The summed E-state index contributed by atoms with van der Waals surface area (Å²) in [7, 11) is 0. The van der Waals surface area contributed by atoms with Crippen molar-refractivity contribution in [3.63, 3.8) is 0 Å². The van der Waals surface area contributed by atoms with Gasteiger partial charge in [-0.2, -0.15) is 0 Å². The molecule has 5 nitrogen and oxygen atoms in total. The van der Waals surface area contributed by atoms with E-state index in [2.05, 4.69) is 5.32 Å². The minimum atomic E-state index is -1.13. The molecular weight excluding hydrogens is 280 g/mol. The molecular formula is C14H17ClN2O3. The lowest BCUT2D eigenvalue weighted by Gasteiger charge is -2.40. The number of halogens is 1. The first-order valence-corrected chi connectivity index (χ1v) is 6.86. The molecule has 0 heterocycles. The quantitative estimate of drug-likeness (QED) is 0.778. The van der Waals surface area contributed by atoms with E-state index in [1.165, 1.54) is 12.1 Å². The number of anilines is 1. The Morgan fingerprint density at radius 1 is 1.40 bits per heavy atom. The van der Waals surface area contributed by atoms with E-state index in [0.29, 0.717) is 18.0 Å². The van der Waals surface area contributed by atoms with Crippen LogP contribution in [0.2, 0.25) is 5.02 Å². The number of nitrogens with two attached hydrogens (primary N) is 1. The Balaban J connectivity index is 2.10. The van der Waals surface area contributed by atoms with Crippen molar-refractivity contribution in [2.75, 3.05) is 11.9 Å². The molecule has 0 atom stereocenters. The summed E-state index contributed by atoms with van der Waals surface area (Å²) in [6, 6.07) is 4.37. The first-order valence-electron chi connectivity index (χ1n) is 6.48. The van der Waals surface area contributed by atoms with Gasteiger partial charge in [0.1, 0.15) is 0 Å². The Labute approximate surface area is 122 Å². The highest BCUT2D eigenvalue weighted by molar-refractivity contribution is 6.31. The fraction of sp³-hybridized carbons (Fsp3) is 0.429. The molecule has 1 amide bonds. The highest BCUT2D eigenvalue weighted by Gasteiger charge is 2.37. The highest BCUT2D eigenvalue weighted by Crippen LogP contribution is 2.43. The Bertz CT molecular complexity index is 536. The monoisotopic (exact) mass is 296 g/mol. The zero-order valence-electron chi connectivity index (χ0n) is 11.0. The van der Waals surface area contributed by atoms with Gasteiger partial charge < -0.3 is 16.2 Å². The molecule has 2 rings (SSSR count). The molecule has 0 radical (unpaired) electrons. The average molecular weight is 297 g/mol. The maximum Gasteiger partial charge on any atom is 0.337 e. The average Bonchev–Trinajstić information content (AvgIpc) is 2.36. The molecule has 20 heavy (non-hydrogen) atoms. The standard InChI is InChI=1S/C14H17ClN2O3/c15-9-2-3-11(10(6-9)13(19)20)17-12(18)7-14(8-16)4-1-5-14/h2-3,6H,1,4-5,7-8,16H2,(H,17,18)(H,19,20). The van der Waals surface area contributed by atoms with Gasteiger partial charge in [-0.15, -0.1) is 0 Å². The van der Waals surface area contributed by atoms with Gasteiger partial charge in [-0.25, -0.2) is 4.79 Å². The van der Waals surface area contributed by atoms with Gasteiger partial charge in [-0.1, -0.05) is 18.0 Å². The second-order valence-corrected chi connectivity index (χ2v) is 5.71. The lowest BCUT2D eigenvalue weighted by Crippen LogP contribution is -2.40. The summed E-state index contributed by atoms with van der Waals surface area (Å²) in [5.41, 5.74) is 5.86. The molecule has 6 heteroatoms. The molecule has 1 aliphatic carbocycles. The number of hydrogen-bond donors (Lipinski definition) is 3. The van der Waals surface area contributed by atoms with E-state index >= 15 is 0 Å². The molecule has 0 aliphatic heterocycles. The minimum Gasteiger partial charge on any atom is -0.478 e. The Morgan fingerprint density at radius 3 is 2.60 bits per heavy atom. The lowest BCUT2D eigenvalue weighted by molar-refractivity contribution is -0.119. The molecule has 1 aromatic carbocycles. The van der Waals surface area contributed by atoms with Crippen molar-refractivity contribution in [1.29, 1.82) is 0 Å². The van der Waals surface area contributed by atoms with Crippen molar-refractivity contribution in [2.45, 2.75) is 25.7 Å². The minimum absolute atomic E-state index is 0.0127. The summed E-state index contributed by atoms with van der Waals surface area (Å²) in [6.45, 7) is 0.479. The van der Waals surface area contributed by atoms with Crippen molar-refractivity contribution in [3.8, 4) is 0 Å². The molecule has 0 aromatic heterocycles. The van der Waals surface area contributed by atoms with Crippen molar-refractivity contribution in [2.24, 2.45) is 11.1 Å². The van der Waals surface area contributed by atoms with Gasteiger partial charge >= 0.3 is 5.97 Å². The molecule has 0 saturated heterocycles. The molecule has 0 unspecified atom stereocenters.